The minimum atomic E-state index is -0.627. The standard InChI is InChI=1S/C24H31NO3/c1-18-7-11-20(12-8-18)23(26)28-21-13-9-19(10-14-21)17-22(25(2)3)24(27)15-5-4-6-16-24/h7-14,22,27H,4-6,15-17H2,1-3H3. The lowest BCUT2D eigenvalue weighted by molar-refractivity contribution is -0.0601. The molecular weight excluding hydrogens is 350 g/mol. The SMILES string of the molecule is Cc1ccc(C(=O)Oc2ccc(CC(N(C)C)C3(O)CCCCC3)cc2)cc1. The number of rotatable bonds is 6. The highest BCUT2D eigenvalue weighted by atomic mass is 16.5. The molecule has 1 unspecified atom stereocenters. The Balaban J connectivity index is 1.66. The Labute approximate surface area is 168 Å². The molecule has 0 aromatic heterocycles. The van der Waals surface area contributed by atoms with Crippen LogP contribution in [0.4, 0.5) is 0 Å². The molecule has 0 heterocycles. The smallest absolute Gasteiger partial charge is 0.343 e. The molecule has 0 radical (unpaired) electrons. The van der Waals surface area contributed by atoms with E-state index in [1.807, 2.05) is 57.4 Å². The minimum absolute atomic E-state index is 0.0776. The van der Waals surface area contributed by atoms with Crippen molar-refractivity contribution in [1.82, 2.24) is 4.90 Å². The Morgan fingerprint density at radius 3 is 2.21 bits per heavy atom. The Hall–Kier alpha value is -2.17. The average Bonchev–Trinajstić information content (AvgIpc) is 2.68. The van der Waals surface area contributed by atoms with Crippen molar-refractivity contribution >= 4 is 5.97 Å². The molecule has 28 heavy (non-hydrogen) atoms. The van der Waals surface area contributed by atoms with Gasteiger partial charge in [0.15, 0.2) is 0 Å². The predicted octanol–water partition coefficient (Wildman–Crippen LogP) is 4.38. The highest BCUT2D eigenvalue weighted by molar-refractivity contribution is 5.91. The molecule has 4 heteroatoms. The number of nitrogens with zero attached hydrogens (tertiary/aromatic N) is 1. The van der Waals surface area contributed by atoms with E-state index in [4.69, 9.17) is 4.74 Å². The van der Waals surface area contributed by atoms with Crippen LogP contribution < -0.4 is 4.74 Å². The maximum atomic E-state index is 12.3. The second-order valence-corrected chi connectivity index (χ2v) is 8.25. The van der Waals surface area contributed by atoms with Crippen LogP contribution in [-0.4, -0.2) is 41.7 Å². The molecule has 1 fully saturated rings. The number of ether oxygens (including phenoxy) is 1. The zero-order valence-electron chi connectivity index (χ0n) is 17.1. The number of carbonyl (C=O) groups is 1. The van der Waals surface area contributed by atoms with Gasteiger partial charge >= 0.3 is 5.97 Å². The van der Waals surface area contributed by atoms with Gasteiger partial charge in [-0.1, -0.05) is 49.1 Å². The minimum Gasteiger partial charge on any atom is -0.423 e. The zero-order chi connectivity index (χ0) is 20.1. The molecule has 0 saturated heterocycles. The van der Waals surface area contributed by atoms with Crippen molar-refractivity contribution in [2.45, 2.75) is 57.1 Å². The summed E-state index contributed by atoms with van der Waals surface area (Å²) in [7, 11) is 4.07. The third-order valence-corrected chi connectivity index (χ3v) is 5.81. The summed E-state index contributed by atoms with van der Waals surface area (Å²) in [6, 6.07) is 15.1. The molecule has 1 aliphatic carbocycles. The van der Waals surface area contributed by atoms with Gasteiger partial charge < -0.3 is 14.7 Å². The van der Waals surface area contributed by atoms with E-state index in [1.165, 1.54) is 6.42 Å². The molecule has 2 aromatic carbocycles. The summed E-state index contributed by atoms with van der Waals surface area (Å²) in [5.41, 5.74) is 2.16. The van der Waals surface area contributed by atoms with Crippen molar-refractivity contribution in [3.63, 3.8) is 0 Å². The first kappa shape index (κ1) is 20.6. The van der Waals surface area contributed by atoms with E-state index in [-0.39, 0.29) is 12.0 Å². The highest BCUT2D eigenvalue weighted by Gasteiger charge is 2.38. The molecule has 0 aliphatic heterocycles. The van der Waals surface area contributed by atoms with Crippen LogP contribution >= 0.6 is 0 Å². The van der Waals surface area contributed by atoms with Crippen molar-refractivity contribution in [1.29, 1.82) is 0 Å². The fourth-order valence-corrected chi connectivity index (χ4v) is 4.12. The highest BCUT2D eigenvalue weighted by Crippen LogP contribution is 2.34. The molecule has 3 rings (SSSR count). The largest absolute Gasteiger partial charge is 0.423 e. The Morgan fingerprint density at radius 1 is 1.04 bits per heavy atom. The fourth-order valence-electron chi connectivity index (χ4n) is 4.12. The number of hydrogen-bond acceptors (Lipinski definition) is 4. The molecule has 1 N–H and O–H groups in total. The average molecular weight is 382 g/mol. The third kappa shape index (κ3) is 5.00. The second-order valence-electron chi connectivity index (χ2n) is 8.25. The number of carbonyl (C=O) groups excluding carboxylic acids is 1. The van der Waals surface area contributed by atoms with Gasteiger partial charge in [0.25, 0.3) is 0 Å². The van der Waals surface area contributed by atoms with Gasteiger partial charge in [-0.05, 0) is 70.1 Å². The van der Waals surface area contributed by atoms with Gasteiger partial charge in [-0.3, -0.25) is 0 Å². The van der Waals surface area contributed by atoms with Crippen molar-refractivity contribution in [2.24, 2.45) is 0 Å². The summed E-state index contributed by atoms with van der Waals surface area (Å²) in [5.74, 6) is 0.183. The van der Waals surface area contributed by atoms with E-state index in [1.54, 1.807) is 12.1 Å². The molecule has 0 bridgehead atoms. The number of likely N-dealkylation sites (N-methyl/N-ethyl adjacent to an activating group) is 1. The quantitative estimate of drug-likeness (QED) is 0.596. The number of aliphatic hydroxyl groups is 1. The fraction of sp³-hybridized carbons (Fsp3) is 0.458. The Kier molecular flexibility index (Phi) is 6.53. The second kappa shape index (κ2) is 8.89. The zero-order valence-corrected chi connectivity index (χ0v) is 17.1. The van der Waals surface area contributed by atoms with Gasteiger partial charge in [-0.2, -0.15) is 0 Å². The number of benzene rings is 2. The molecule has 4 nitrogen and oxygen atoms in total. The Bertz CT molecular complexity index is 775. The maximum absolute atomic E-state index is 12.3. The maximum Gasteiger partial charge on any atom is 0.343 e. The van der Waals surface area contributed by atoms with Gasteiger partial charge in [-0.15, -0.1) is 0 Å². The summed E-state index contributed by atoms with van der Waals surface area (Å²) in [6.45, 7) is 1.98. The van der Waals surface area contributed by atoms with E-state index < -0.39 is 5.60 Å². The molecule has 0 spiro atoms. The van der Waals surface area contributed by atoms with E-state index in [9.17, 15) is 9.90 Å². The Morgan fingerprint density at radius 2 is 1.64 bits per heavy atom. The third-order valence-electron chi connectivity index (χ3n) is 5.81. The summed E-state index contributed by atoms with van der Waals surface area (Å²) >= 11 is 0. The summed E-state index contributed by atoms with van der Waals surface area (Å²) in [4.78, 5) is 14.4. The first-order chi connectivity index (χ1) is 13.4. The number of aryl methyl sites for hydroxylation is 1. The number of hydrogen-bond donors (Lipinski definition) is 1. The van der Waals surface area contributed by atoms with Crippen molar-refractivity contribution < 1.29 is 14.6 Å². The van der Waals surface area contributed by atoms with Gasteiger partial charge in [-0.25, -0.2) is 4.79 Å². The lowest BCUT2D eigenvalue weighted by Gasteiger charge is -2.42. The van der Waals surface area contributed by atoms with Crippen LogP contribution in [0.1, 0.15) is 53.6 Å². The molecular formula is C24H31NO3. The molecule has 1 aliphatic rings. The van der Waals surface area contributed by atoms with Crippen molar-refractivity contribution in [2.75, 3.05) is 14.1 Å². The van der Waals surface area contributed by atoms with Crippen LogP contribution in [0.15, 0.2) is 48.5 Å². The molecule has 2 aromatic rings. The van der Waals surface area contributed by atoms with Crippen LogP contribution in [0.5, 0.6) is 5.75 Å². The molecule has 1 atom stereocenters. The van der Waals surface area contributed by atoms with E-state index in [2.05, 4.69) is 4.90 Å². The summed E-state index contributed by atoms with van der Waals surface area (Å²) in [5, 5.41) is 11.2. The van der Waals surface area contributed by atoms with Crippen LogP contribution in [-0.2, 0) is 6.42 Å². The van der Waals surface area contributed by atoms with Gasteiger partial charge in [0.2, 0.25) is 0 Å². The first-order valence-corrected chi connectivity index (χ1v) is 10.1. The van der Waals surface area contributed by atoms with Crippen molar-refractivity contribution in [3.8, 4) is 5.75 Å². The van der Waals surface area contributed by atoms with E-state index in [0.717, 1.165) is 43.2 Å². The first-order valence-electron chi connectivity index (χ1n) is 10.1. The van der Waals surface area contributed by atoms with Crippen LogP contribution in [0.2, 0.25) is 0 Å². The van der Waals surface area contributed by atoms with Gasteiger partial charge in [0.05, 0.1) is 11.2 Å². The van der Waals surface area contributed by atoms with Gasteiger partial charge in [0.1, 0.15) is 5.75 Å². The molecule has 150 valence electrons. The monoisotopic (exact) mass is 381 g/mol. The molecule has 0 amide bonds. The van der Waals surface area contributed by atoms with E-state index >= 15 is 0 Å². The lowest BCUT2D eigenvalue weighted by atomic mass is 9.77. The van der Waals surface area contributed by atoms with Crippen LogP contribution in [0.25, 0.3) is 0 Å². The summed E-state index contributed by atoms with van der Waals surface area (Å²) < 4.78 is 5.49. The van der Waals surface area contributed by atoms with Gasteiger partial charge in [0, 0.05) is 6.04 Å². The van der Waals surface area contributed by atoms with Crippen molar-refractivity contribution in [3.05, 3.63) is 65.2 Å². The lowest BCUT2D eigenvalue weighted by Crippen LogP contribution is -2.52. The number of esters is 1. The normalized spacial score (nSPS) is 17.3. The van der Waals surface area contributed by atoms with Crippen LogP contribution in [0, 0.1) is 6.92 Å². The summed E-state index contributed by atoms with van der Waals surface area (Å²) in [6.07, 6.45) is 5.90. The van der Waals surface area contributed by atoms with Crippen LogP contribution in [0.3, 0.4) is 0 Å². The molecule has 1 saturated carbocycles. The predicted molar refractivity (Wildman–Crippen MR) is 112 cm³/mol. The topological polar surface area (TPSA) is 49.8 Å². The van der Waals surface area contributed by atoms with E-state index in [0.29, 0.717) is 11.3 Å².